The minimum atomic E-state index is -0.407. The highest BCUT2D eigenvalue weighted by Crippen LogP contribution is 2.35. The van der Waals surface area contributed by atoms with E-state index < -0.39 is 5.82 Å². The van der Waals surface area contributed by atoms with Crippen LogP contribution in [0, 0.1) is 5.82 Å². The first kappa shape index (κ1) is 16.0. The molecule has 0 saturated heterocycles. The molecule has 2 rings (SSSR count). The number of nitrogens with two attached hydrogens (primary N) is 2. The number of aromatic nitrogens is 1. The van der Waals surface area contributed by atoms with E-state index in [1.165, 1.54) is 7.11 Å². The van der Waals surface area contributed by atoms with E-state index in [0.717, 1.165) is 0 Å². The molecule has 0 radical (unpaired) electrons. The van der Waals surface area contributed by atoms with E-state index in [4.69, 9.17) is 16.2 Å². The van der Waals surface area contributed by atoms with Gasteiger partial charge in [0.05, 0.1) is 12.7 Å². The van der Waals surface area contributed by atoms with Crippen LogP contribution in [-0.2, 0) is 0 Å². The number of hydrogen-bond donors (Lipinski definition) is 2. The summed E-state index contributed by atoms with van der Waals surface area (Å²) in [6.07, 6.45) is 2.20. The molecular formula is C17H20FN3O. The summed E-state index contributed by atoms with van der Waals surface area (Å²) in [4.78, 5) is 4.01. The van der Waals surface area contributed by atoms with E-state index in [1.807, 2.05) is 6.92 Å². The highest BCUT2D eigenvalue weighted by molar-refractivity contribution is 5.82. The Hall–Kier alpha value is -2.40. The van der Waals surface area contributed by atoms with Crippen LogP contribution >= 0.6 is 0 Å². The molecule has 4 N–H and O–H groups in total. The molecule has 0 bridgehead atoms. The molecule has 0 fully saturated rings. The maximum Gasteiger partial charge on any atom is 0.139 e. The first-order chi connectivity index (χ1) is 10.5. The fourth-order valence-electron chi connectivity index (χ4n) is 2.26. The third kappa shape index (κ3) is 2.94. The predicted molar refractivity (Wildman–Crippen MR) is 87.0 cm³/mol. The molecule has 2 aromatic rings. The van der Waals surface area contributed by atoms with Gasteiger partial charge in [-0.05, 0) is 30.2 Å². The Kier molecular flexibility index (Phi) is 4.78. The Bertz CT molecular complexity index is 683. The summed E-state index contributed by atoms with van der Waals surface area (Å²) in [5.74, 6) is 0.396. The van der Waals surface area contributed by atoms with Crippen molar-refractivity contribution >= 4 is 11.4 Å². The third-order valence-electron chi connectivity index (χ3n) is 3.63. The van der Waals surface area contributed by atoms with E-state index in [-0.39, 0.29) is 6.04 Å². The molecule has 1 aromatic heterocycles. The second-order valence-corrected chi connectivity index (χ2v) is 5.01. The molecule has 4 nitrogen and oxygen atoms in total. The fraction of sp³-hybridized carbons (Fsp3) is 0.235. The summed E-state index contributed by atoms with van der Waals surface area (Å²) in [6, 6.07) is 6.38. The van der Waals surface area contributed by atoms with E-state index in [1.54, 1.807) is 30.5 Å². The lowest BCUT2D eigenvalue weighted by Gasteiger charge is -2.18. The summed E-state index contributed by atoms with van der Waals surface area (Å²) in [6.45, 7) is 5.89. The number of rotatable bonds is 5. The van der Waals surface area contributed by atoms with E-state index in [9.17, 15) is 4.39 Å². The van der Waals surface area contributed by atoms with Crippen LogP contribution in [0.25, 0.3) is 5.57 Å². The molecule has 0 saturated carbocycles. The molecule has 0 aliphatic rings. The summed E-state index contributed by atoms with van der Waals surface area (Å²) < 4.78 is 20.2. The van der Waals surface area contributed by atoms with Crippen molar-refractivity contribution in [1.29, 1.82) is 0 Å². The van der Waals surface area contributed by atoms with Crippen molar-refractivity contribution in [2.75, 3.05) is 12.8 Å². The number of nitrogens with zero attached hydrogens (tertiary/aromatic N) is 1. The second-order valence-electron chi connectivity index (χ2n) is 5.01. The number of halogens is 1. The van der Waals surface area contributed by atoms with Gasteiger partial charge in [-0.2, -0.15) is 0 Å². The molecule has 0 aliphatic heterocycles. The number of hydrogen-bond acceptors (Lipinski definition) is 4. The zero-order chi connectivity index (χ0) is 16.3. The van der Waals surface area contributed by atoms with Gasteiger partial charge in [-0.3, -0.25) is 0 Å². The highest BCUT2D eigenvalue weighted by Gasteiger charge is 2.20. The van der Waals surface area contributed by atoms with Gasteiger partial charge in [-0.25, -0.2) is 9.37 Å². The molecule has 116 valence electrons. The average molecular weight is 301 g/mol. The van der Waals surface area contributed by atoms with Crippen LogP contribution < -0.4 is 16.2 Å². The van der Waals surface area contributed by atoms with Crippen LogP contribution in [-0.4, -0.2) is 12.1 Å². The minimum Gasteiger partial charge on any atom is -0.496 e. The maximum atomic E-state index is 14.9. The van der Waals surface area contributed by atoms with E-state index in [2.05, 4.69) is 11.6 Å². The van der Waals surface area contributed by atoms with Gasteiger partial charge in [-0.15, -0.1) is 0 Å². The van der Waals surface area contributed by atoms with Crippen molar-refractivity contribution in [2.24, 2.45) is 5.73 Å². The minimum absolute atomic E-state index is 0.301. The lowest BCUT2D eigenvalue weighted by molar-refractivity contribution is 0.408. The summed E-state index contributed by atoms with van der Waals surface area (Å²) in [7, 11) is 1.49. The monoisotopic (exact) mass is 301 g/mol. The van der Waals surface area contributed by atoms with Crippen molar-refractivity contribution in [2.45, 2.75) is 19.4 Å². The Balaban J connectivity index is 2.56. The molecule has 0 amide bonds. The summed E-state index contributed by atoms with van der Waals surface area (Å²) in [5.41, 5.74) is 13.5. The van der Waals surface area contributed by atoms with Gasteiger partial charge in [0, 0.05) is 23.4 Å². The predicted octanol–water partition coefficient (Wildman–Crippen LogP) is 3.28. The standard InChI is InChI=1S/C17H20FN3O/c1-4-13(19)12-6-7-14(22-3)16(17(12)18)10(2)11-5-8-15(20)21-9-11/h5-9,13H,2,4,19H2,1,3H3,(H2,20,21). The third-order valence-corrected chi connectivity index (χ3v) is 3.63. The normalized spacial score (nSPS) is 12.0. The van der Waals surface area contributed by atoms with Crippen LogP contribution in [0.15, 0.2) is 37.0 Å². The molecule has 22 heavy (non-hydrogen) atoms. The van der Waals surface area contributed by atoms with E-state index >= 15 is 0 Å². The molecular weight excluding hydrogens is 281 g/mol. The smallest absolute Gasteiger partial charge is 0.139 e. The number of anilines is 1. The van der Waals surface area contributed by atoms with Gasteiger partial charge in [-0.1, -0.05) is 19.6 Å². The topological polar surface area (TPSA) is 74.2 Å². The number of pyridine rings is 1. The van der Waals surface area contributed by atoms with Crippen molar-refractivity contribution in [3.63, 3.8) is 0 Å². The molecule has 0 aliphatic carbocycles. The van der Waals surface area contributed by atoms with Crippen LogP contribution in [0.4, 0.5) is 10.2 Å². The van der Waals surface area contributed by atoms with Crippen molar-refractivity contribution in [3.8, 4) is 5.75 Å². The van der Waals surface area contributed by atoms with E-state index in [0.29, 0.717) is 40.3 Å². The number of methoxy groups -OCH3 is 1. The van der Waals surface area contributed by atoms with Gasteiger partial charge in [0.15, 0.2) is 0 Å². The molecule has 1 heterocycles. The lowest BCUT2D eigenvalue weighted by Crippen LogP contribution is -2.12. The average Bonchev–Trinajstić information content (AvgIpc) is 2.53. The van der Waals surface area contributed by atoms with Crippen molar-refractivity contribution in [1.82, 2.24) is 4.98 Å². The summed E-state index contributed by atoms with van der Waals surface area (Å²) >= 11 is 0. The van der Waals surface area contributed by atoms with Gasteiger partial charge in [0.2, 0.25) is 0 Å². The van der Waals surface area contributed by atoms with Crippen molar-refractivity contribution in [3.05, 3.63) is 59.5 Å². The van der Waals surface area contributed by atoms with Crippen LogP contribution in [0.3, 0.4) is 0 Å². The molecule has 1 aromatic carbocycles. The van der Waals surface area contributed by atoms with Crippen LogP contribution in [0.2, 0.25) is 0 Å². The zero-order valence-corrected chi connectivity index (χ0v) is 12.8. The number of nitrogen functional groups attached to an aromatic ring is 1. The Labute approximate surface area is 129 Å². The first-order valence-corrected chi connectivity index (χ1v) is 7.02. The first-order valence-electron chi connectivity index (χ1n) is 7.02. The van der Waals surface area contributed by atoms with Crippen LogP contribution in [0.1, 0.15) is 36.1 Å². The number of benzene rings is 1. The van der Waals surface area contributed by atoms with Gasteiger partial charge < -0.3 is 16.2 Å². The van der Waals surface area contributed by atoms with Gasteiger partial charge in [0.1, 0.15) is 17.4 Å². The number of ether oxygens (including phenoxy) is 1. The molecule has 1 atom stereocenters. The highest BCUT2D eigenvalue weighted by atomic mass is 19.1. The van der Waals surface area contributed by atoms with Gasteiger partial charge in [0.25, 0.3) is 0 Å². The largest absolute Gasteiger partial charge is 0.496 e. The Morgan fingerprint density at radius 3 is 2.64 bits per heavy atom. The maximum absolute atomic E-state index is 14.9. The molecule has 1 unspecified atom stereocenters. The fourth-order valence-corrected chi connectivity index (χ4v) is 2.26. The molecule has 5 heteroatoms. The zero-order valence-electron chi connectivity index (χ0n) is 12.8. The Morgan fingerprint density at radius 2 is 2.09 bits per heavy atom. The molecule has 0 spiro atoms. The lowest BCUT2D eigenvalue weighted by atomic mass is 9.94. The van der Waals surface area contributed by atoms with Gasteiger partial charge >= 0.3 is 0 Å². The Morgan fingerprint density at radius 1 is 1.36 bits per heavy atom. The quantitative estimate of drug-likeness (QED) is 0.888. The second kappa shape index (κ2) is 6.58. The van der Waals surface area contributed by atoms with Crippen LogP contribution in [0.5, 0.6) is 5.75 Å². The van der Waals surface area contributed by atoms with Crippen molar-refractivity contribution < 1.29 is 9.13 Å². The SMILES string of the molecule is C=C(c1ccc(N)nc1)c1c(OC)ccc(C(N)CC)c1F. The summed E-state index contributed by atoms with van der Waals surface area (Å²) in [5, 5.41) is 0.